The van der Waals surface area contributed by atoms with Crippen LogP contribution in [0.3, 0.4) is 0 Å². The van der Waals surface area contributed by atoms with Crippen LogP contribution in [0.1, 0.15) is 28.8 Å². The highest BCUT2D eigenvalue weighted by atomic mass is 19.1. The van der Waals surface area contributed by atoms with E-state index in [0.717, 1.165) is 0 Å². The number of halogens is 1. The summed E-state index contributed by atoms with van der Waals surface area (Å²) in [6.07, 6.45) is 0. The normalized spacial score (nSPS) is 12.2. The Morgan fingerprint density at radius 1 is 1.62 bits per heavy atom. The molecule has 1 unspecified atom stereocenters. The van der Waals surface area contributed by atoms with E-state index in [1.165, 1.54) is 19.2 Å². The van der Waals surface area contributed by atoms with Gasteiger partial charge in [0.1, 0.15) is 5.56 Å². The maximum atomic E-state index is 13.3. The summed E-state index contributed by atoms with van der Waals surface area (Å²) in [5.74, 6) is -2.42. The summed E-state index contributed by atoms with van der Waals surface area (Å²) in [5.41, 5.74) is 5.82. The van der Waals surface area contributed by atoms with Gasteiger partial charge in [-0.2, -0.15) is 0 Å². The number of rotatable bonds is 3. The van der Waals surface area contributed by atoms with Crippen molar-refractivity contribution in [2.24, 2.45) is 5.73 Å². The minimum absolute atomic E-state index is 0.0986. The van der Waals surface area contributed by atoms with E-state index in [0.29, 0.717) is 12.1 Å². The molecule has 0 aromatic heterocycles. The molecule has 1 aromatic rings. The fourth-order valence-corrected chi connectivity index (χ4v) is 1.31. The Kier molecular flexibility index (Phi) is 3.84. The first-order valence-electron chi connectivity index (χ1n) is 4.82. The van der Waals surface area contributed by atoms with Gasteiger partial charge in [-0.05, 0) is 30.2 Å². The van der Waals surface area contributed by atoms with E-state index >= 15 is 0 Å². The summed E-state index contributed by atoms with van der Waals surface area (Å²) in [5, 5.41) is 9.37. The number of nitrogens with two attached hydrogens (primary N) is 1. The summed E-state index contributed by atoms with van der Waals surface area (Å²) < 4.78 is 17.8. The van der Waals surface area contributed by atoms with Crippen LogP contribution in [0.25, 0.3) is 0 Å². The second kappa shape index (κ2) is 4.94. The second-order valence-electron chi connectivity index (χ2n) is 3.53. The molecular formula is C11H14FNO3. The van der Waals surface area contributed by atoms with E-state index in [4.69, 9.17) is 5.73 Å². The molecule has 0 aliphatic heterocycles. The van der Waals surface area contributed by atoms with Gasteiger partial charge in [-0.1, -0.05) is 6.92 Å². The lowest BCUT2D eigenvalue weighted by Crippen LogP contribution is -2.11. The number of ether oxygens (including phenoxy) is 1. The van der Waals surface area contributed by atoms with Crippen molar-refractivity contribution in [3.63, 3.8) is 0 Å². The van der Waals surface area contributed by atoms with E-state index in [1.807, 2.05) is 0 Å². The first kappa shape index (κ1) is 12.4. The second-order valence-corrected chi connectivity index (χ2v) is 3.53. The third-order valence-corrected chi connectivity index (χ3v) is 2.41. The van der Waals surface area contributed by atoms with Crippen molar-refractivity contribution >= 4 is 5.97 Å². The van der Waals surface area contributed by atoms with Gasteiger partial charge in [0.25, 0.3) is 0 Å². The third kappa shape index (κ3) is 2.30. The molecule has 4 nitrogen and oxygen atoms in total. The average molecular weight is 227 g/mol. The molecule has 0 saturated heterocycles. The molecule has 3 N–H and O–H groups in total. The Balaban J connectivity index is 3.27. The highest BCUT2D eigenvalue weighted by Gasteiger charge is 2.18. The summed E-state index contributed by atoms with van der Waals surface area (Å²) in [6, 6.07) is 2.56. The smallest absolute Gasteiger partial charge is 0.341 e. The van der Waals surface area contributed by atoms with Crippen molar-refractivity contribution in [2.75, 3.05) is 13.7 Å². The van der Waals surface area contributed by atoms with Crippen LogP contribution in [0.5, 0.6) is 5.75 Å². The molecule has 0 spiro atoms. The van der Waals surface area contributed by atoms with Crippen molar-refractivity contribution in [3.05, 3.63) is 29.1 Å². The average Bonchev–Trinajstić information content (AvgIpc) is 2.30. The monoisotopic (exact) mass is 227 g/mol. The number of carbonyl (C=O) groups is 1. The lowest BCUT2D eigenvalue weighted by Gasteiger charge is -2.12. The molecule has 16 heavy (non-hydrogen) atoms. The number of esters is 1. The van der Waals surface area contributed by atoms with Gasteiger partial charge in [0.05, 0.1) is 7.11 Å². The van der Waals surface area contributed by atoms with Crippen LogP contribution < -0.4 is 5.73 Å². The van der Waals surface area contributed by atoms with Gasteiger partial charge in [0.2, 0.25) is 0 Å². The van der Waals surface area contributed by atoms with Crippen molar-refractivity contribution in [3.8, 4) is 5.75 Å². The SMILES string of the molecule is COC(=O)c1cc(C(C)CN)cc(F)c1O. The molecule has 1 aromatic carbocycles. The van der Waals surface area contributed by atoms with E-state index in [1.54, 1.807) is 6.92 Å². The van der Waals surface area contributed by atoms with Crippen LogP contribution in [0.15, 0.2) is 12.1 Å². The molecule has 88 valence electrons. The largest absolute Gasteiger partial charge is 0.504 e. The summed E-state index contributed by atoms with van der Waals surface area (Å²) in [6.45, 7) is 2.12. The summed E-state index contributed by atoms with van der Waals surface area (Å²) in [7, 11) is 1.17. The molecule has 0 aliphatic rings. The first-order valence-corrected chi connectivity index (χ1v) is 4.82. The van der Waals surface area contributed by atoms with Crippen molar-refractivity contribution in [1.82, 2.24) is 0 Å². The van der Waals surface area contributed by atoms with Gasteiger partial charge in [0, 0.05) is 0 Å². The quantitative estimate of drug-likeness (QED) is 0.765. The molecule has 0 heterocycles. The summed E-state index contributed by atoms with van der Waals surface area (Å²) in [4.78, 5) is 11.3. The van der Waals surface area contributed by atoms with Crippen molar-refractivity contribution < 1.29 is 19.0 Å². The zero-order valence-electron chi connectivity index (χ0n) is 9.16. The minimum atomic E-state index is -0.849. The molecule has 0 radical (unpaired) electrons. The van der Waals surface area contributed by atoms with Gasteiger partial charge in [-0.3, -0.25) is 0 Å². The Morgan fingerprint density at radius 2 is 2.25 bits per heavy atom. The van der Waals surface area contributed by atoms with Crippen LogP contribution in [0, 0.1) is 5.82 Å². The Labute approximate surface area is 92.8 Å². The number of hydrogen-bond acceptors (Lipinski definition) is 4. The molecule has 0 amide bonds. The maximum Gasteiger partial charge on any atom is 0.341 e. The number of carbonyl (C=O) groups excluding carboxylic acids is 1. The highest BCUT2D eigenvalue weighted by Crippen LogP contribution is 2.27. The predicted octanol–water partition coefficient (Wildman–Crippen LogP) is 1.38. The highest BCUT2D eigenvalue weighted by molar-refractivity contribution is 5.92. The minimum Gasteiger partial charge on any atom is -0.504 e. The molecule has 0 bridgehead atoms. The van der Waals surface area contributed by atoms with E-state index in [9.17, 15) is 14.3 Å². The number of hydrogen-bond donors (Lipinski definition) is 2. The van der Waals surface area contributed by atoms with E-state index in [-0.39, 0.29) is 11.5 Å². The van der Waals surface area contributed by atoms with Crippen LogP contribution in [0.2, 0.25) is 0 Å². The third-order valence-electron chi connectivity index (χ3n) is 2.41. The standard InChI is InChI=1S/C11H14FNO3/c1-6(5-13)7-3-8(11(15)16-2)10(14)9(12)4-7/h3-4,6,14H,5,13H2,1-2H3. The van der Waals surface area contributed by atoms with Crippen LogP contribution in [-0.4, -0.2) is 24.7 Å². The molecule has 0 saturated carbocycles. The predicted molar refractivity (Wildman–Crippen MR) is 56.9 cm³/mol. The maximum absolute atomic E-state index is 13.3. The summed E-state index contributed by atoms with van der Waals surface area (Å²) >= 11 is 0. The van der Waals surface area contributed by atoms with E-state index in [2.05, 4.69) is 4.74 Å². The number of methoxy groups -OCH3 is 1. The van der Waals surface area contributed by atoms with Gasteiger partial charge < -0.3 is 15.6 Å². The van der Waals surface area contributed by atoms with Gasteiger partial charge in [-0.25, -0.2) is 9.18 Å². The zero-order chi connectivity index (χ0) is 12.3. The molecule has 0 aliphatic carbocycles. The number of benzene rings is 1. The number of aromatic hydroxyl groups is 1. The van der Waals surface area contributed by atoms with Gasteiger partial charge in [0.15, 0.2) is 11.6 Å². The van der Waals surface area contributed by atoms with Gasteiger partial charge in [-0.15, -0.1) is 0 Å². The fraction of sp³-hybridized carbons (Fsp3) is 0.364. The fourth-order valence-electron chi connectivity index (χ4n) is 1.31. The van der Waals surface area contributed by atoms with Crippen molar-refractivity contribution in [1.29, 1.82) is 0 Å². The van der Waals surface area contributed by atoms with Crippen LogP contribution in [0.4, 0.5) is 4.39 Å². The molecular weight excluding hydrogens is 213 g/mol. The van der Waals surface area contributed by atoms with Gasteiger partial charge >= 0.3 is 5.97 Å². The molecule has 1 rings (SSSR count). The van der Waals surface area contributed by atoms with E-state index < -0.39 is 17.5 Å². The number of phenolic OH excluding ortho intramolecular Hbond substituents is 1. The molecule has 5 heteroatoms. The topological polar surface area (TPSA) is 72.5 Å². The Morgan fingerprint density at radius 3 is 2.75 bits per heavy atom. The van der Waals surface area contributed by atoms with Crippen molar-refractivity contribution in [2.45, 2.75) is 12.8 Å². The lowest BCUT2D eigenvalue weighted by atomic mass is 9.98. The molecule has 0 fully saturated rings. The Bertz CT molecular complexity index is 406. The van der Waals surface area contributed by atoms with Crippen LogP contribution >= 0.6 is 0 Å². The lowest BCUT2D eigenvalue weighted by molar-refractivity contribution is 0.0596. The molecule has 1 atom stereocenters. The van der Waals surface area contributed by atoms with Crippen LogP contribution in [-0.2, 0) is 4.74 Å². The number of phenols is 1. The Hall–Kier alpha value is -1.62. The zero-order valence-corrected chi connectivity index (χ0v) is 9.16. The first-order chi connectivity index (χ1) is 7.51.